The number of carboxylic acids is 1. The van der Waals surface area contributed by atoms with E-state index in [0.717, 1.165) is 165 Å². The number of esters is 4. The quantitative estimate of drug-likeness (QED) is 0.00895. The van der Waals surface area contributed by atoms with Crippen molar-refractivity contribution in [1.82, 2.24) is 0 Å². The van der Waals surface area contributed by atoms with Gasteiger partial charge in [0.1, 0.15) is 19.3 Å². The number of phenols is 2. The molecule has 5 rings (SSSR count). The number of unbranched alkanes of at least 4 members (excludes halogenated alkanes) is 32. The van der Waals surface area contributed by atoms with Gasteiger partial charge in [0.15, 0.2) is 23.7 Å². The number of aliphatic carboxylic acids is 1. The minimum absolute atomic E-state index is 0. The van der Waals surface area contributed by atoms with E-state index in [2.05, 4.69) is 61.5 Å². The first-order chi connectivity index (χ1) is 51.9. The predicted octanol–water partition coefficient (Wildman–Crippen LogP) is 14.6. The van der Waals surface area contributed by atoms with Crippen LogP contribution < -0.4 is 68.9 Å². The van der Waals surface area contributed by atoms with Crippen molar-refractivity contribution in [3.63, 3.8) is 0 Å². The fraction of sp³-hybridized carbons (Fsp3) is 0.849. The molecule has 0 aliphatic heterocycles. The molecular weight excluding hydrogens is 1480 g/mol. The van der Waals surface area contributed by atoms with Crippen LogP contribution >= 0.6 is 15.6 Å². The smallest absolute Gasteiger partial charge is 0.756 e. The van der Waals surface area contributed by atoms with E-state index in [9.17, 15) is 63.3 Å². The Kier molecular flexibility index (Phi) is 52.8. The molecule has 0 radical (unpaired) electrons. The number of hydrogen-bond acceptors (Lipinski definition) is 20. The van der Waals surface area contributed by atoms with E-state index in [1.807, 2.05) is 19.9 Å². The molecule has 10 unspecified atom stereocenters. The molecule has 0 amide bonds. The van der Waals surface area contributed by atoms with Crippen LogP contribution in [0.5, 0.6) is 11.5 Å². The fourth-order valence-corrected chi connectivity index (χ4v) is 18.8. The predicted molar refractivity (Wildman–Crippen MR) is 424 cm³/mol. The maximum Gasteiger partial charge on any atom is 1.00 e. The molecular formula is C86H148Na2O21P2. The average Bonchev–Trinajstić information content (AvgIpc) is 0.677. The van der Waals surface area contributed by atoms with Crippen LogP contribution in [0.3, 0.4) is 0 Å². The number of benzene rings is 1. The van der Waals surface area contributed by atoms with Crippen LogP contribution in [0.4, 0.5) is 0 Å². The number of allylic oxidation sites excluding steroid dienone is 2. The summed E-state index contributed by atoms with van der Waals surface area (Å²) in [6.07, 6.45) is 44.3. The first-order valence-corrected chi connectivity index (χ1v) is 45.9. The second-order valence-electron chi connectivity index (χ2n) is 33.7. The molecule has 10 atom stereocenters. The minimum Gasteiger partial charge on any atom is -0.756 e. The third kappa shape index (κ3) is 37.5. The monoisotopic (exact) mass is 1620 g/mol. The van der Waals surface area contributed by atoms with E-state index >= 15 is 0 Å². The number of phenolic OH excluding ortho intramolecular Hbond substituents is 2. The van der Waals surface area contributed by atoms with Gasteiger partial charge in [-0.3, -0.25) is 33.1 Å². The van der Waals surface area contributed by atoms with Gasteiger partial charge >= 0.3 is 89.0 Å². The van der Waals surface area contributed by atoms with Crippen LogP contribution in [0.25, 0.3) is 0 Å². The molecule has 0 saturated heterocycles. The van der Waals surface area contributed by atoms with Gasteiger partial charge < -0.3 is 67.3 Å². The fourth-order valence-electron chi connectivity index (χ4n) is 17.3. The first-order valence-electron chi connectivity index (χ1n) is 43.0. The maximum atomic E-state index is 12.8. The van der Waals surface area contributed by atoms with Crippen LogP contribution in [0.1, 0.15) is 381 Å². The van der Waals surface area contributed by atoms with Crippen molar-refractivity contribution in [2.24, 2.45) is 27.6 Å². The SMILES string of the molecule is CCCCCCCCCCCC(=O)OCC(COP(=O)([O-])OCC(O)COP(=O)([O-])OCC(COC(=O)CCCCCCCCCCC)OC(=O)CCCCCCCCCCC)OC(=O)CCCCCCCCCCC.Cc1c(O)c(O)cc2c1CC=C1C2(C)CCC2(C)C3CC(C)(C(=O)O)CCC3(C)CCC12C.[Na+].[Na+]. The van der Waals surface area contributed by atoms with Gasteiger partial charge in [0.05, 0.1) is 31.8 Å². The molecule has 21 nitrogen and oxygen atoms in total. The third-order valence-corrected chi connectivity index (χ3v) is 26.5. The number of carbonyl (C=O) groups is 5. The summed E-state index contributed by atoms with van der Waals surface area (Å²) < 4.78 is 66.7. The summed E-state index contributed by atoms with van der Waals surface area (Å²) in [4.78, 5) is 88.5. The van der Waals surface area contributed by atoms with Gasteiger partial charge in [-0.2, -0.15) is 0 Å². The molecule has 1 aromatic rings. The molecule has 4 aliphatic rings. The molecule has 3 saturated carbocycles. The number of phosphoric ester groups is 2. The Balaban J connectivity index is 0.000000977. The summed E-state index contributed by atoms with van der Waals surface area (Å²) >= 11 is 0. The molecule has 25 heteroatoms. The Labute approximate surface area is 713 Å². The van der Waals surface area contributed by atoms with Gasteiger partial charge in [-0.25, -0.2) is 0 Å². The van der Waals surface area contributed by atoms with Gasteiger partial charge in [0.25, 0.3) is 15.6 Å². The van der Waals surface area contributed by atoms with Crippen molar-refractivity contribution in [2.75, 3.05) is 39.6 Å². The van der Waals surface area contributed by atoms with E-state index in [1.54, 1.807) is 0 Å². The molecule has 0 bridgehead atoms. The molecule has 0 spiro atoms. The summed E-state index contributed by atoms with van der Waals surface area (Å²) in [5, 5.41) is 41.3. The van der Waals surface area contributed by atoms with Gasteiger partial charge in [-0.1, -0.05) is 273 Å². The summed E-state index contributed by atoms with van der Waals surface area (Å²) in [7, 11) is -10.4. The topological polar surface area (TPSA) is 320 Å². The second kappa shape index (κ2) is 55.8. The number of carbonyl (C=O) groups excluding carboxylic acids is 4. The zero-order valence-electron chi connectivity index (χ0n) is 71.3. The largest absolute Gasteiger partial charge is 1.00 e. The van der Waals surface area contributed by atoms with Crippen LogP contribution in [0.2, 0.25) is 0 Å². The van der Waals surface area contributed by atoms with E-state index in [1.165, 1.54) is 114 Å². The number of phosphoric acid groups is 2. The zero-order valence-corrected chi connectivity index (χ0v) is 77.1. The maximum absolute atomic E-state index is 12.8. The number of ether oxygens (including phenoxy) is 4. The average molecular weight is 1630 g/mol. The number of carboxylic acid groups (broad SMARTS) is 1. The van der Waals surface area contributed by atoms with Crippen molar-refractivity contribution in [3.8, 4) is 11.5 Å². The number of rotatable bonds is 59. The molecule has 1 aromatic carbocycles. The van der Waals surface area contributed by atoms with E-state index in [-0.39, 0.29) is 118 Å². The third-order valence-electron chi connectivity index (χ3n) is 24.7. The zero-order chi connectivity index (χ0) is 80.4. The molecule has 3 fully saturated rings. The van der Waals surface area contributed by atoms with Gasteiger partial charge in [-0.15, -0.1) is 0 Å². The summed E-state index contributed by atoms with van der Waals surface area (Å²) in [6.45, 7) is 17.9. The summed E-state index contributed by atoms with van der Waals surface area (Å²) in [6, 6.07) is 1.81. The number of hydrogen-bond donors (Lipinski definition) is 4. The number of aliphatic hydroxyl groups excluding tert-OH is 1. The second-order valence-corrected chi connectivity index (χ2v) is 36.5. The molecule has 4 N–H and O–H groups in total. The molecule has 4 aliphatic carbocycles. The number of aromatic hydroxyl groups is 2. The van der Waals surface area contributed by atoms with E-state index in [0.29, 0.717) is 31.6 Å². The Morgan fingerprint density at radius 3 is 1.19 bits per heavy atom. The van der Waals surface area contributed by atoms with Gasteiger partial charge in [-0.05, 0) is 136 Å². The molecule has 0 aromatic heterocycles. The first kappa shape index (κ1) is 105. The van der Waals surface area contributed by atoms with Crippen molar-refractivity contribution in [2.45, 2.75) is 401 Å². The molecule has 111 heavy (non-hydrogen) atoms. The normalized spacial score (nSPS) is 22.9. The van der Waals surface area contributed by atoms with Gasteiger partial charge in [0, 0.05) is 31.1 Å². The van der Waals surface area contributed by atoms with Crippen molar-refractivity contribution < 1.29 is 159 Å². The van der Waals surface area contributed by atoms with E-state index in [4.69, 9.17) is 37.0 Å². The van der Waals surface area contributed by atoms with Crippen LogP contribution in [0.15, 0.2) is 17.7 Å². The van der Waals surface area contributed by atoms with Crippen molar-refractivity contribution in [1.29, 1.82) is 0 Å². The minimum atomic E-state index is -5.20. The Hall–Kier alpha value is -1.91. The summed E-state index contributed by atoms with van der Waals surface area (Å²) in [5.41, 5.74) is 4.00. The Bertz CT molecular complexity index is 2870. The van der Waals surface area contributed by atoms with Crippen LogP contribution in [-0.2, 0) is 82.0 Å². The molecule has 0 heterocycles. The number of aliphatic hydroxyl groups is 1. The van der Waals surface area contributed by atoms with Crippen LogP contribution in [-0.4, -0.2) is 108 Å². The Morgan fingerprint density at radius 2 is 0.820 bits per heavy atom. The Morgan fingerprint density at radius 1 is 0.477 bits per heavy atom. The van der Waals surface area contributed by atoms with E-state index < -0.39 is 109 Å². The summed E-state index contributed by atoms with van der Waals surface area (Å²) in [5.74, 6) is -2.52. The van der Waals surface area contributed by atoms with Crippen LogP contribution in [0, 0.1) is 34.5 Å². The van der Waals surface area contributed by atoms with Gasteiger partial charge in [0.2, 0.25) is 0 Å². The molecule has 630 valence electrons. The van der Waals surface area contributed by atoms with Crippen molar-refractivity contribution >= 4 is 45.5 Å². The number of fused-ring (bicyclic) bond motifs is 7. The standard InChI is InChI=1S/C57H110O17P2.C29H40O4.2Na/c1-5-9-13-17-21-25-29-33-37-41-54(59)67-47-52(73-56(61)43-39-35-31-27-23-19-15-11-7-3)49-71-75(63,64)69-45-51(58)46-70-76(65,66)72-50-53(74-57(62)44-40-36-32-28-24-20-16-12-8-4)48-68-55(60)42-38-34-30-26-22-18-14-10-6-2;1-17-18-7-8-21-27(4,19(18)15-20(30)23(17)31)12-14-29(6)22-16-26(3,24(32)33)10-9-25(22,2)11-13-28(21,29)5;;/h51-53,58H,5-50H2,1-4H3,(H,63,64)(H,65,66);8,15,22,30-31H,7,9-14,16H2,1-6H3,(H,32,33);;/q;;2*+1/p-2. The van der Waals surface area contributed by atoms with Crippen molar-refractivity contribution in [3.05, 3.63) is 34.4 Å².